The molecule has 1 aromatic rings. The fourth-order valence-electron chi connectivity index (χ4n) is 2.35. The zero-order valence-corrected chi connectivity index (χ0v) is 11.2. The van der Waals surface area contributed by atoms with Gasteiger partial charge in [0.1, 0.15) is 0 Å². The van der Waals surface area contributed by atoms with E-state index < -0.39 is 0 Å². The summed E-state index contributed by atoms with van der Waals surface area (Å²) < 4.78 is 7.32. The van der Waals surface area contributed by atoms with E-state index in [0.717, 1.165) is 25.3 Å². The molecule has 0 saturated carbocycles. The summed E-state index contributed by atoms with van der Waals surface area (Å²) in [4.78, 5) is 0. The third-order valence-corrected chi connectivity index (χ3v) is 3.46. The van der Waals surface area contributed by atoms with Crippen LogP contribution < -0.4 is 5.32 Å². The Morgan fingerprint density at radius 3 is 2.82 bits per heavy atom. The summed E-state index contributed by atoms with van der Waals surface area (Å²) >= 11 is 0. The van der Waals surface area contributed by atoms with E-state index in [1.807, 2.05) is 11.7 Å². The van der Waals surface area contributed by atoms with Crippen LogP contribution in [0.25, 0.3) is 0 Å². The van der Waals surface area contributed by atoms with Crippen molar-refractivity contribution in [3.05, 3.63) is 11.9 Å². The van der Waals surface area contributed by atoms with E-state index in [1.165, 1.54) is 5.69 Å². The molecule has 0 amide bonds. The summed E-state index contributed by atoms with van der Waals surface area (Å²) in [7, 11) is 1.97. The van der Waals surface area contributed by atoms with Crippen molar-refractivity contribution in [3.63, 3.8) is 0 Å². The van der Waals surface area contributed by atoms with Gasteiger partial charge in [-0.15, -0.1) is 0 Å². The van der Waals surface area contributed by atoms with E-state index in [2.05, 4.69) is 37.4 Å². The number of rotatable bonds is 4. The highest BCUT2D eigenvalue weighted by atomic mass is 16.5. The summed E-state index contributed by atoms with van der Waals surface area (Å²) in [6, 6.07) is 0.444. The normalized spacial score (nSPS) is 22.1. The van der Waals surface area contributed by atoms with E-state index in [1.54, 1.807) is 0 Å². The molecule has 1 aliphatic heterocycles. The number of aromatic nitrogens is 2. The van der Waals surface area contributed by atoms with Gasteiger partial charge in [-0.3, -0.25) is 4.68 Å². The lowest BCUT2D eigenvalue weighted by molar-refractivity contribution is 0.183. The maximum Gasteiger partial charge on any atom is 0.0881 e. The molecule has 96 valence electrons. The highest BCUT2D eigenvalue weighted by Crippen LogP contribution is 2.25. The number of hydrogen-bond acceptors (Lipinski definition) is 3. The van der Waals surface area contributed by atoms with Crippen LogP contribution in [0.2, 0.25) is 0 Å². The average Bonchev–Trinajstić information content (AvgIpc) is 2.86. The fourth-order valence-corrected chi connectivity index (χ4v) is 2.35. The maximum absolute atomic E-state index is 5.44. The number of nitrogens with zero attached hydrogens (tertiary/aromatic N) is 2. The molecule has 2 rings (SSSR count). The molecule has 2 heterocycles. The maximum atomic E-state index is 5.44. The van der Waals surface area contributed by atoms with Gasteiger partial charge in [0.2, 0.25) is 0 Å². The smallest absolute Gasteiger partial charge is 0.0881 e. The van der Waals surface area contributed by atoms with Gasteiger partial charge in [-0.05, 0) is 19.3 Å². The van der Waals surface area contributed by atoms with Crippen LogP contribution in [0.15, 0.2) is 6.20 Å². The van der Waals surface area contributed by atoms with Crippen molar-refractivity contribution < 1.29 is 4.74 Å². The van der Waals surface area contributed by atoms with Gasteiger partial charge in [0, 0.05) is 31.8 Å². The van der Waals surface area contributed by atoms with E-state index in [0.29, 0.717) is 17.9 Å². The molecule has 4 heteroatoms. The first-order chi connectivity index (χ1) is 8.08. The molecule has 1 aliphatic rings. The van der Waals surface area contributed by atoms with Gasteiger partial charge in [0.05, 0.1) is 18.0 Å². The fraction of sp³-hybridized carbons (Fsp3) is 0.769. The summed E-state index contributed by atoms with van der Waals surface area (Å²) in [6.07, 6.45) is 3.23. The Bertz CT molecular complexity index is 367. The summed E-state index contributed by atoms with van der Waals surface area (Å²) in [5.74, 6) is 1.07. The molecule has 0 radical (unpaired) electrons. The lowest BCUT2D eigenvalue weighted by atomic mass is 10.00. The first kappa shape index (κ1) is 12.4. The van der Waals surface area contributed by atoms with E-state index >= 15 is 0 Å². The Balaban J connectivity index is 2.06. The molecule has 4 nitrogen and oxygen atoms in total. The molecule has 1 aromatic heterocycles. The van der Waals surface area contributed by atoms with Crippen LogP contribution in [0, 0.1) is 5.92 Å². The standard InChI is InChI=1S/C13H23N3O/c1-9(2)13-12(7-16(4)15-13)14-10(3)11-5-6-17-8-11/h7,9-11,14H,5-6,8H2,1-4H3. The van der Waals surface area contributed by atoms with Crippen LogP contribution in [0.5, 0.6) is 0 Å². The molecule has 17 heavy (non-hydrogen) atoms. The van der Waals surface area contributed by atoms with Crippen LogP contribution in [0.3, 0.4) is 0 Å². The van der Waals surface area contributed by atoms with Gasteiger partial charge in [-0.2, -0.15) is 5.10 Å². The molecule has 0 spiro atoms. The molecule has 0 bridgehead atoms. The van der Waals surface area contributed by atoms with Gasteiger partial charge in [0.15, 0.2) is 0 Å². The Morgan fingerprint density at radius 2 is 2.24 bits per heavy atom. The summed E-state index contributed by atoms with van der Waals surface area (Å²) in [6.45, 7) is 8.37. The first-order valence-corrected chi connectivity index (χ1v) is 6.45. The first-order valence-electron chi connectivity index (χ1n) is 6.45. The molecule has 0 aromatic carbocycles. The SMILES string of the molecule is CC(C)c1nn(C)cc1NC(C)C1CCOC1. The van der Waals surface area contributed by atoms with Gasteiger partial charge in [-0.25, -0.2) is 0 Å². The Morgan fingerprint density at radius 1 is 1.47 bits per heavy atom. The molecule has 1 fully saturated rings. The van der Waals surface area contributed by atoms with E-state index in [4.69, 9.17) is 4.74 Å². The second-order valence-electron chi connectivity index (χ2n) is 5.31. The minimum Gasteiger partial charge on any atom is -0.381 e. The largest absolute Gasteiger partial charge is 0.381 e. The van der Waals surface area contributed by atoms with Crippen LogP contribution in [0.1, 0.15) is 38.8 Å². The highest BCUT2D eigenvalue weighted by molar-refractivity contribution is 5.48. The molecule has 2 unspecified atom stereocenters. The quantitative estimate of drug-likeness (QED) is 0.874. The van der Waals surface area contributed by atoms with Gasteiger partial charge in [0.25, 0.3) is 0 Å². The third-order valence-electron chi connectivity index (χ3n) is 3.46. The van der Waals surface area contributed by atoms with Crippen molar-refractivity contribution in [2.45, 2.75) is 39.2 Å². The number of hydrogen-bond donors (Lipinski definition) is 1. The predicted molar refractivity (Wildman–Crippen MR) is 69.3 cm³/mol. The van der Waals surface area contributed by atoms with Crippen molar-refractivity contribution in [1.29, 1.82) is 0 Å². The Hall–Kier alpha value is -1.03. The minimum absolute atomic E-state index is 0.444. The van der Waals surface area contributed by atoms with Gasteiger partial charge < -0.3 is 10.1 Å². The second kappa shape index (κ2) is 5.08. The third kappa shape index (κ3) is 2.80. The number of anilines is 1. The number of aryl methyl sites for hydroxylation is 1. The van der Waals surface area contributed by atoms with Crippen LogP contribution in [-0.2, 0) is 11.8 Å². The topological polar surface area (TPSA) is 39.1 Å². The second-order valence-corrected chi connectivity index (χ2v) is 5.31. The highest BCUT2D eigenvalue weighted by Gasteiger charge is 2.23. The van der Waals surface area contributed by atoms with Crippen LogP contribution >= 0.6 is 0 Å². The van der Waals surface area contributed by atoms with Crippen molar-refractivity contribution in [2.75, 3.05) is 18.5 Å². The molecular formula is C13H23N3O. The number of ether oxygens (including phenoxy) is 1. The lowest BCUT2D eigenvalue weighted by Crippen LogP contribution is -2.26. The zero-order chi connectivity index (χ0) is 12.4. The van der Waals surface area contributed by atoms with E-state index in [9.17, 15) is 0 Å². The summed E-state index contributed by atoms with van der Waals surface area (Å²) in [5, 5.41) is 8.10. The zero-order valence-electron chi connectivity index (χ0n) is 11.2. The molecule has 1 saturated heterocycles. The van der Waals surface area contributed by atoms with Gasteiger partial charge in [-0.1, -0.05) is 13.8 Å². The Labute approximate surface area is 103 Å². The monoisotopic (exact) mass is 237 g/mol. The average molecular weight is 237 g/mol. The lowest BCUT2D eigenvalue weighted by Gasteiger charge is -2.20. The molecular weight excluding hydrogens is 214 g/mol. The van der Waals surface area contributed by atoms with Crippen molar-refractivity contribution in [1.82, 2.24) is 9.78 Å². The molecule has 0 aliphatic carbocycles. The molecule has 2 atom stereocenters. The summed E-state index contributed by atoms with van der Waals surface area (Å²) in [5.41, 5.74) is 2.32. The van der Waals surface area contributed by atoms with Crippen LogP contribution in [-0.4, -0.2) is 29.0 Å². The van der Waals surface area contributed by atoms with Gasteiger partial charge >= 0.3 is 0 Å². The van der Waals surface area contributed by atoms with Crippen molar-refractivity contribution in [2.24, 2.45) is 13.0 Å². The number of nitrogens with one attached hydrogen (secondary N) is 1. The molecule has 1 N–H and O–H groups in total. The van der Waals surface area contributed by atoms with Crippen molar-refractivity contribution in [3.8, 4) is 0 Å². The predicted octanol–water partition coefficient (Wildman–Crippen LogP) is 2.38. The van der Waals surface area contributed by atoms with Crippen LogP contribution in [0.4, 0.5) is 5.69 Å². The van der Waals surface area contributed by atoms with Crippen molar-refractivity contribution >= 4 is 5.69 Å². The van der Waals surface area contributed by atoms with E-state index in [-0.39, 0.29) is 0 Å². The Kier molecular flexibility index (Phi) is 3.72. The minimum atomic E-state index is 0.444.